The molecular formula is C20H23N4OP. The Morgan fingerprint density at radius 3 is 2.42 bits per heavy atom. The fourth-order valence-corrected chi connectivity index (χ4v) is 3.14. The molecule has 1 aliphatic heterocycles. The summed E-state index contributed by atoms with van der Waals surface area (Å²) in [6.07, 6.45) is 1.61. The van der Waals surface area contributed by atoms with E-state index in [0.717, 1.165) is 42.9 Å². The Kier molecular flexibility index (Phi) is 5.82. The van der Waals surface area contributed by atoms with Gasteiger partial charge in [-0.2, -0.15) is 0 Å². The average Bonchev–Trinajstić information content (AvgIpc) is 2.68. The molecule has 26 heavy (non-hydrogen) atoms. The van der Waals surface area contributed by atoms with Crippen molar-refractivity contribution >= 4 is 20.9 Å². The Morgan fingerprint density at radius 1 is 1.08 bits per heavy atom. The van der Waals surface area contributed by atoms with Crippen LogP contribution in [-0.4, -0.2) is 42.7 Å². The van der Waals surface area contributed by atoms with Crippen LogP contribution < -0.4 is 11.1 Å². The van der Waals surface area contributed by atoms with Gasteiger partial charge in [0.2, 0.25) is 0 Å². The van der Waals surface area contributed by atoms with E-state index in [-0.39, 0.29) is 5.91 Å². The number of hydrogen-bond donors (Lipinski definition) is 3. The van der Waals surface area contributed by atoms with Gasteiger partial charge in [-0.05, 0) is 35.4 Å². The van der Waals surface area contributed by atoms with E-state index in [1.807, 2.05) is 53.4 Å². The molecule has 1 aliphatic rings. The SMILES string of the molecule is N=C(/C=C(/N)P)c1cccc(-c2ccc(C(=O)N3CCNCC3)cc2)c1. The second-order valence-corrected chi connectivity index (χ2v) is 6.93. The molecule has 5 nitrogen and oxygen atoms in total. The maximum absolute atomic E-state index is 12.5. The van der Waals surface area contributed by atoms with Crippen molar-refractivity contribution in [1.29, 1.82) is 5.41 Å². The first-order valence-electron chi connectivity index (χ1n) is 8.56. The maximum Gasteiger partial charge on any atom is 0.253 e. The highest BCUT2D eigenvalue weighted by Crippen LogP contribution is 2.22. The Hall–Kier alpha value is -2.49. The lowest BCUT2D eigenvalue weighted by Gasteiger charge is -2.27. The van der Waals surface area contributed by atoms with Gasteiger partial charge in [-0.15, -0.1) is 0 Å². The number of nitrogens with two attached hydrogens (primary N) is 1. The van der Waals surface area contributed by atoms with E-state index in [1.165, 1.54) is 0 Å². The lowest BCUT2D eigenvalue weighted by atomic mass is 9.99. The molecule has 4 N–H and O–H groups in total. The molecule has 1 amide bonds. The zero-order valence-corrected chi connectivity index (χ0v) is 15.7. The van der Waals surface area contributed by atoms with E-state index in [9.17, 15) is 4.79 Å². The first-order chi connectivity index (χ1) is 12.5. The molecule has 1 fully saturated rings. The van der Waals surface area contributed by atoms with E-state index < -0.39 is 0 Å². The summed E-state index contributed by atoms with van der Waals surface area (Å²) in [5.74, 6) is 0.0784. The van der Waals surface area contributed by atoms with Crippen molar-refractivity contribution in [3.05, 3.63) is 71.2 Å². The third-order valence-corrected chi connectivity index (χ3v) is 4.52. The summed E-state index contributed by atoms with van der Waals surface area (Å²) in [7, 11) is 2.38. The third kappa shape index (κ3) is 4.37. The molecule has 0 bridgehead atoms. The summed E-state index contributed by atoms with van der Waals surface area (Å²) in [6.45, 7) is 3.18. The molecule has 6 heteroatoms. The number of carbonyl (C=O) groups excluding carboxylic acids is 1. The summed E-state index contributed by atoms with van der Waals surface area (Å²) in [5, 5.41) is 11.4. The van der Waals surface area contributed by atoms with Crippen LogP contribution in [0.4, 0.5) is 0 Å². The predicted octanol–water partition coefficient (Wildman–Crippen LogP) is 2.44. The van der Waals surface area contributed by atoms with Gasteiger partial charge < -0.3 is 21.4 Å². The second-order valence-electron chi connectivity index (χ2n) is 6.26. The Balaban J connectivity index is 1.79. The molecule has 1 saturated heterocycles. The van der Waals surface area contributed by atoms with E-state index in [1.54, 1.807) is 6.08 Å². The molecule has 1 atom stereocenters. The van der Waals surface area contributed by atoms with Crippen LogP contribution in [0.3, 0.4) is 0 Å². The van der Waals surface area contributed by atoms with Crippen LogP contribution >= 0.6 is 9.24 Å². The molecule has 1 unspecified atom stereocenters. The highest BCUT2D eigenvalue weighted by atomic mass is 31.0. The van der Waals surface area contributed by atoms with Crippen molar-refractivity contribution in [3.63, 3.8) is 0 Å². The highest BCUT2D eigenvalue weighted by Gasteiger charge is 2.17. The molecule has 0 radical (unpaired) electrons. The molecule has 3 rings (SSSR count). The summed E-state index contributed by atoms with van der Waals surface area (Å²) in [6, 6.07) is 15.4. The zero-order valence-electron chi connectivity index (χ0n) is 14.5. The quantitative estimate of drug-likeness (QED) is 0.574. The topological polar surface area (TPSA) is 82.2 Å². The fourth-order valence-electron chi connectivity index (χ4n) is 2.97. The summed E-state index contributed by atoms with van der Waals surface area (Å²) in [4.78, 5) is 14.4. The molecule has 2 aromatic carbocycles. The smallest absolute Gasteiger partial charge is 0.253 e. The Morgan fingerprint density at radius 2 is 1.77 bits per heavy atom. The van der Waals surface area contributed by atoms with Crippen LogP contribution in [0.1, 0.15) is 15.9 Å². The standard InChI is InChI=1S/C20H23N4OP/c21-18(13-19(22)26)17-3-1-2-16(12-17)14-4-6-15(7-5-14)20(25)24-10-8-23-9-11-24/h1-7,12-13,21,23H,8-11,22,26H2/b19-13-,21-18?. The predicted molar refractivity (Wildman–Crippen MR) is 109 cm³/mol. The van der Waals surface area contributed by atoms with Crippen molar-refractivity contribution < 1.29 is 4.79 Å². The first kappa shape index (κ1) is 18.3. The Labute approximate surface area is 156 Å². The largest absolute Gasteiger partial charge is 0.399 e. The van der Waals surface area contributed by atoms with Gasteiger partial charge in [-0.25, -0.2) is 0 Å². The number of amides is 1. The summed E-state index contributed by atoms with van der Waals surface area (Å²) in [5.41, 5.74) is 10.0. The van der Waals surface area contributed by atoms with Gasteiger partial charge in [0, 0.05) is 42.7 Å². The van der Waals surface area contributed by atoms with E-state index >= 15 is 0 Å². The first-order valence-corrected chi connectivity index (χ1v) is 9.14. The van der Waals surface area contributed by atoms with Gasteiger partial charge in [0.05, 0.1) is 5.71 Å². The van der Waals surface area contributed by atoms with Crippen LogP contribution in [0.2, 0.25) is 0 Å². The number of nitrogens with zero attached hydrogens (tertiary/aromatic N) is 1. The fraction of sp³-hybridized carbons (Fsp3) is 0.200. The summed E-state index contributed by atoms with van der Waals surface area (Å²) < 4.78 is 0. The van der Waals surface area contributed by atoms with Crippen LogP contribution in [0.5, 0.6) is 0 Å². The summed E-state index contributed by atoms with van der Waals surface area (Å²) >= 11 is 0. The van der Waals surface area contributed by atoms with Crippen molar-refractivity contribution in [1.82, 2.24) is 10.2 Å². The van der Waals surface area contributed by atoms with Gasteiger partial charge in [-0.3, -0.25) is 4.79 Å². The van der Waals surface area contributed by atoms with E-state index in [2.05, 4.69) is 14.6 Å². The van der Waals surface area contributed by atoms with Gasteiger partial charge >= 0.3 is 0 Å². The van der Waals surface area contributed by atoms with Gasteiger partial charge in [-0.1, -0.05) is 39.6 Å². The molecule has 0 aromatic heterocycles. The average molecular weight is 366 g/mol. The van der Waals surface area contributed by atoms with Gasteiger partial charge in [0.15, 0.2) is 0 Å². The van der Waals surface area contributed by atoms with Gasteiger partial charge in [0.25, 0.3) is 5.91 Å². The molecule has 134 valence electrons. The number of carbonyl (C=O) groups is 1. The number of allylic oxidation sites excluding steroid dienone is 1. The number of rotatable bonds is 4. The van der Waals surface area contributed by atoms with Crippen molar-refractivity contribution in [2.45, 2.75) is 0 Å². The minimum Gasteiger partial charge on any atom is -0.399 e. The van der Waals surface area contributed by atoms with E-state index in [4.69, 9.17) is 11.1 Å². The number of piperazine rings is 1. The minimum atomic E-state index is 0.0784. The number of nitrogens with one attached hydrogen (secondary N) is 2. The van der Waals surface area contributed by atoms with Crippen LogP contribution in [0.15, 0.2) is 60.0 Å². The molecule has 0 spiro atoms. The van der Waals surface area contributed by atoms with Crippen LogP contribution in [-0.2, 0) is 0 Å². The molecule has 0 aliphatic carbocycles. The second kappa shape index (κ2) is 8.26. The maximum atomic E-state index is 12.5. The zero-order chi connectivity index (χ0) is 18.5. The van der Waals surface area contributed by atoms with Crippen LogP contribution in [0.25, 0.3) is 11.1 Å². The lowest BCUT2D eigenvalue weighted by Crippen LogP contribution is -2.46. The molecular weight excluding hydrogens is 343 g/mol. The van der Waals surface area contributed by atoms with Crippen molar-refractivity contribution in [2.24, 2.45) is 5.73 Å². The van der Waals surface area contributed by atoms with Crippen LogP contribution in [0, 0.1) is 5.41 Å². The Bertz CT molecular complexity index is 835. The lowest BCUT2D eigenvalue weighted by molar-refractivity contribution is 0.0736. The minimum absolute atomic E-state index is 0.0784. The van der Waals surface area contributed by atoms with Gasteiger partial charge in [0.1, 0.15) is 0 Å². The molecule has 1 heterocycles. The van der Waals surface area contributed by atoms with Crippen molar-refractivity contribution in [2.75, 3.05) is 26.2 Å². The number of hydrogen-bond acceptors (Lipinski definition) is 4. The third-order valence-electron chi connectivity index (χ3n) is 4.35. The van der Waals surface area contributed by atoms with Crippen molar-refractivity contribution in [3.8, 4) is 11.1 Å². The highest BCUT2D eigenvalue weighted by molar-refractivity contribution is 7.22. The molecule has 2 aromatic rings. The normalized spacial score (nSPS) is 15.0. The molecule has 0 saturated carbocycles. The van der Waals surface area contributed by atoms with E-state index in [0.29, 0.717) is 16.7 Å². The monoisotopic (exact) mass is 366 g/mol. The number of benzene rings is 2.